The van der Waals surface area contributed by atoms with Gasteiger partial charge in [-0.05, 0) is 42.9 Å². The van der Waals surface area contributed by atoms with E-state index in [1.807, 2.05) is 36.0 Å². The van der Waals surface area contributed by atoms with Crippen LogP contribution in [-0.4, -0.2) is 31.9 Å². The van der Waals surface area contributed by atoms with Crippen molar-refractivity contribution in [2.75, 3.05) is 16.8 Å². The van der Waals surface area contributed by atoms with Gasteiger partial charge >= 0.3 is 5.69 Å². The molecule has 1 N–H and O–H groups in total. The van der Waals surface area contributed by atoms with Crippen LogP contribution in [0.15, 0.2) is 35.4 Å². The average Bonchev–Trinajstić information content (AvgIpc) is 2.81. The lowest BCUT2D eigenvalue weighted by molar-refractivity contribution is 0.685. The van der Waals surface area contributed by atoms with Crippen molar-refractivity contribution in [2.45, 2.75) is 18.9 Å². The molecule has 20 heavy (non-hydrogen) atoms. The van der Waals surface area contributed by atoms with Crippen LogP contribution in [-0.2, 0) is 7.05 Å². The van der Waals surface area contributed by atoms with Crippen LogP contribution < -0.4 is 11.0 Å². The molecule has 0 unspecified atom stereocenters. The van der Waals surface area contributed by atoms with E-state index >= 15 is 0 Å². The molecule has 1 fully saturated rings. The molecule has 3 rings (SSSR count). The van der Waals surface area contributed by atoms with Gasteiger partial charge in [-0.15, -0.1) is 0 Å². The van der Waals surface area contributed by atoms with Crippen LogP contribution in [0.25, 0.3) is 5.69 Å². The zero-order chi connectivity index (χ0) is 13.9. The van der Waals surface area contributed by atoms with Crippen LogP contribution in [0.4, 0.5) is 5.69 Å². The predicted octanol–water partition coefficient (Wildman–Crippen LogP) is 1.88. The molecule has 5 nitrogen and oxygen atoms in total. The Morgan fingerprint density at radius 2 is 2.15 bits per heavy atom. The number of thioether (sulfide) groups is 1. The third-order valence-corrected chi connectivity index (χ3v) is 4.68. The van der Waals surface area contributed by atoms with E-state index in [-0.39, 0.29) is 5.69 Å². The van der Waals surface area contributed by atoms with Gasteiger partial charge in [-0.3, -0.25) is 4.57 Å². The summed E-state index contributed by atoms with van der Waals surface area (Å²) in [5.74, 6) is 2.45. The molecule has 1 saturated heterocycles. The summed E-state index contributed by atoms with van der Waals surface area (Å²) >= 11 is 2.01. The van der Waals surface area contributed by atoms with Gasteiger partial charge in [-0.1, -0.05) is 0 Å². The molecule has 1 aromatic heterocycles. The highest BCUT2D eigenvalue weighted by molar-refractivity contribution is 7.99. The molecule has 2 aromatic rings. The number of benzene rings is 1. The second-order valence-corrected chi connectivity index (χ2v) is 6.19. The van der Waals surface area contributed by atoms with Crippen molar-refractivity contribution in [1.82, 2.24) is 14.3 Å². The van der Waals surface area contributed by atoms with Gasteiger partial charge in [0.25, 0.3) is 0 Å². The Kier molecular flexibility index (Phi) is 3.82. The van der Waals surface area contributed by atoms with Gasteiger partial charge in [0, 0.05) is 24.5 Å². The molecule has 0 radical (unpaired) electrons. The number of nitrogens with zero attached hydrogens (tertiary/aromatic N) is 3. The van der Waals surface area contributed by atoms with Crippen LogP contribution >= 0.6 is 11.8 Å². The first-order valence-corrected chi connectivity index (χ1v) is 7.95. The van der Waals surface area contributed by atoms with Gasteiger partial charge in [0.2, 0.25) is 0 Å². The van der Waals surface area contributed by atoms with Crippen LogP contribution in [0, 0.1) is 0 Å². The summed E-state index contributed by atoms with van der Waals surface area (Å²) in [7, 11) is 1.70. The molecule has 2 heterocycles. The molecular formula is C14H18N4OS. The van der Waals surface area contributed by atoms with E-state index in [2.05, 4.69) is 10.4 Å². The van der Waals surface area contributed by atoms with Crippen LogP contribution in [0.3, 0.4) is 0 Å². The molecule has 1 aliphatic rings. The molecule has 0 bridgehead atoms. The summed E-state index contributed by atoms with van der Waals surface area (Å²) in [6.45, 7) is 0. The molecule has 1 aliphatic heterocycles. The standard InChI is InChI=1S/C14H18N4OS/c1-17-10-15-18(14(17)19)13-6-4-11(5-7-13)16-12-3-2-8-20-9-12/h4-7,10,12,16H,2-3,8-9H2,1H3/t12-/m1/s1. The highest BCUT2D eigenvalue weighted by Gasteiger charge is 2.13. The summed E-state index contributed by atoms with van der Waals surface area (Å²) < 4.78 is 2.87. The van der Waals surface area contributed by atoms with Gasteiger partial charge in [-0.25, -0.2) is 4.79 Å². The van der Waals surface area contributed by atoms with E-state index in [0.717, 1.165) is 11.4 Å². The lowest BCUT2D eigenvalue weighted by atomic mass is 10.1. The minimum atomic E-state index is -0.130. The number of rotatable bonds is 3. The fourth-order valence-corrected chi connectivity index (χ4v) is 3.42. The molecule has 106 valence electrons. The molecule has 0 aliphatic carbocycles. The molecule has 0 saturated carbocycles. The molecule has 0 amide bonds. The first-order chi connectivity index (χ1) is 9.74. The normalized spacial score (nSPS) is 18.9. The smallest absolute Gasteiger partial charge is 0.350 e. The van der Waals surface area contributed by atoms with E-state index in [4.69, 9.17) is 0 Å². The number of anilines is 1. The zero-order valence-electron chi connectivity index (χ0n) is 11.5. The molecule has 0 spiro atoms. The topological polar surface area (TPSA) is 51.9 Å². The van der Waals surface area contributed by atoms with Gasteiger partial charge < -0.3 is 5.32 Å². The van der Waals surface area contributed by atoms with E-state index in [1.165, 1.54) is 39.9 Å². The lowest BCUT2D eigenvalue weighted by Gasteiger charge is -2.23. The van der Waals surface area contributed by atoms with Gasteiger partial charge in [0.05, 0.1) is 5.69 Å². The fraction of sp³-hybridized carbons (Fsp3) is 0.429. The largest absolute Gasteiger partial charge is 0.381 e. The summed E-state index contributed by atoms with van der Waals surface area (Å²) in [5.41, 5.74) is 1.76. The van der Waals surface area contributed by atoms with E-state index in [0.29, 0.717) is 6.04 Å². The number of hydrogen-bond acceptors (Lipinski definition) is 4. The second kappa shape index (κ2) is 5.75. The number of aromatic nitrogens is 3. The third-order valence-electron chi connectivity index (χ3n) is 3.47. The maximum atomic E-state index is 11.8. The van der Waals surface area contributed by atoms with Crippen LogP contribution in [0.2, 0.25) is 0 Å². The molecular weight excluding hydrogens is 272 g/mol. The minimum Gasteiger partial charge on any atom is -0.381 e. The summed E-state index contributed by atoms with van der Waals surface area (Å²) in [5, 5.41) is 7.62. The van der Waals surface area contributed by atoms with Crippen molar-refractivity contribution in [1.29, 1.82) is 0 Å². The Labute approximate surface area is 122 Å². The fourth-order valence-electron chi connectivity index (χ4n) is 2.34. The lowest BCUT2D eigenvalue weighted by Crippen LogP contribution is -2.25. The Balaban J connectivity index is 1.74. The summed E-state index contributed by atoms with van der Waals surface area (Å²) in [4.78, 5) is 11.8. The van der Waals surface area contributed by atoms with Crippen molar-refractivity contribution in [3.05, 3.63) is 41.1 Å². The second-order valence-electron chi connectivity index (χ2n) is 5.04. The quantitative estimate of drug-likeness (QED) is 0.938. The van der Waals surface area contributed by atoms with Crippen molar-refractivity contribution in [3.8, 4) is 5.69 Å². The highest BCUT2D eigenvalue weighted by atomic mass is 32.2. The first kappa shape index (κ1) is 13.3. The van der Waals surface area contributed by atoms with E-state index in [9.17, 15) is 4.79 Å². The molecule has 6 heteroatoms. The summed E-state index contributed by atoms with van der Waals surface area (Å²) in [6.07, 6.45) is 4.03. The van der Waals surface area contributed by atoms with Crippen LogP contribution in [0.1, 0.15) is 12.8 Å². The van der Waals surface area contributed by atoms with Crippen LogP contribution in [0.5, 0.6) is 0 Å². The van der Waals surface area contributed by atoms with E-state index in [1.54, 1.807) is 7.05 Å². The van der Waals surface area contributed by atoms with E-state index < -0.39 is 0 Å². The highest BCUT2D eigenvalue weighted by Crippen LogP contribution is 2.21. The van der Waals surface area contributed by atoms with Crippen molar-refractivity contribution >= 4 is 17.4 Å². The monoisotopic (exact) mass is 290 g/mol. The molecule has 1 atom stereocenters. The van der Waals surface area contributed by atoms with Gasteiger partial charge in [-0.2, -0.15) is 21.5 Å². The van der Waals surface area contributed by atoms with Crippen molar-refractivity contribution in [2.24, 2.45) is 7.05 Å². The average molecular weight is 290 g/mol. The number of hydrogen-bond donors (Lipinski definition) is 1. The van der Waals surface area contributed by atoms with Gasteiger partial charge in [0.15, 0.2) is 0 Å². The first-order valence-electron chi connectivity index (χ1n) is 6.79. The zero-order valence-corrected chi connectivity index (χ0v) is 12.3. The number of aryl methyl sites for hydroxylation is 1. The minimum absolute atomic E-state index is 0.130. The Morgan fingerprint density at radius 3 is 2.75 bits per heavy atom. The molecule has 1 aromatic carbocycles. The van der Waals surface area contributed by atoms with Crippen molar-refractivity contribution in [3.63, 3.8) is 0 Å². The predicted molar refractivity (Wildman–Crippen MR) is 82.8 cm³/mol. The maximum absolute atomic E-state index is 11.8. The third kappa shape index (κ3) is 2.75. The van der Waals surface area contributed by atoms with Crippen molar-refractivity contribution < 1.29 is 0 Å². The Bertz CT molecular complexity index is 625. The maximum Gasteiger partial charge on any atom is 0.350 e. The Morgan fingerprint density at radius 1 is 1.35 bits per heavy atom. The summed E-state index contributed by atoms with van der Waals surface area (Å²) in [6, 6.07) is 8.42. The SMILES string of the molecule is Cn1cnn(-c2ccc(N[C@@H]3CCCSC3)cc2)c1=O. The number of nitrogens with one attached hydrogen (secondary N) is 1. The van der Waals surface area contributed by atoms with Gasteiger partial charge in [0.1, 0.15) is 6.33 Å². The Hall–Kier alpha value is -1.69.